The van der Waals surface area contributed by atoms with Crippen LogP contribution in [0.4, 0.5) is 5.82 Å². The molecule has 1 atom stereocenters. The van der Waals surface area contributed by atoms with E-state index in [1.54, 1.807) is 12.3 Å². The Morgan fingerprint density at radius 3 is 2.70 bits per heavy atom. The summed E-state index contributed by atoms with van der Waals surface area (Å²) in [6, 6.07) is 11.3. The third-order valence-corrected chi connectivity index (χ3v) is 3.85. The summed E-state index contributed by atoms with van der Waals surface area (Å²) in [5.41, 5.74) is 1.47. The van der Waals surface area contributed by atoms with Crippen molar-refractivity contribution in [1.82, 2.24) is 4.98 Å². The SMILES string of the molecule is CC(c1cccc(Cl)c1)N(C)c1nccc(C#N)c1Cl. The van der Waals surface area contributed by atoms with Crippen molar-refractivity contribution in [2.45, 2.75) is 13.0 Å². The molecule has 0 N–H and O–H groups in total. The summed E-state index contributed by atoms with van der Waals surface area (Å²) in [5, 5.41) is 10.1. The van der Waals surface area contributed by atoms with Crippen molar-refractivity contribution in [3.05, 3.63) is 57.7 Å². The normalized spacial score (nSPS) is 11.8. The van der Waals surface area contributed by atoms with E-state index in [2.05, 4.69) is 11.1 Å². The summed E-state index contributed by atoms with van der Waals surface area (Å²) < 4.78 is 0. The molecule has 102 valence electrons. The van der Waals surface area contributed by atoms with E-state index in [9.17, 15) is 0 Å². The monoisotopic (exact) mass is 305 g/mol. The number of rotatable bonds is 3. The van der Waals surface area contributed by atoms with Crippen molar-refractivity contribution in [3.8, 4) is 6.07 Å². The van der Waals surface area contributed by atoms with Crippen molar-refractivity contribution in [2.75, 3.05) is 11.9 Å². The van der Waals surface area contributed by atoms with E-state index in [1.165, 1.54) is 0 Å². The first-order chi connectivity index (χ1) is 9.54. The van der Waals surface area contributed by atoms with Gasteiger partial charge in [-0.2, -0.15) is 5.26 Å². The van der Waals surface area contributed by atoms with Crippen LogP contribution in [0.3, 0.4) is 0 Å². The lowest BCUT2D eigenvalue weighted by Crippen LogP contribution is -2.23. The predicted octanol–water partition coefficient (Wildman–Crippen LogP) is 4.46. The summed E-state index contributed by atoms with van der Waals surface area (Å²) in [4.78, 5) is 6.19. The van der Waals surface area contributed by atoms with Gasteiger partial charge in [-0.1, -0.05) is 35.3 Å². The van der Waals surface area contributed by atoms with Gasteiger partial charge in [-0.05, 0) is 30.7 Å². The highest BCUT2D eigenvalue weighted by Crippen LogP contribution is 2.31. The van der Waals surface area contributed by atoms with E-state index < -0.39 is 0 Å². The lowest BCUT2D eigenvalue weighted by molar-refractivity contribution is 0.729. The molecule has 0 aliphatic rings. The van der Waals surface area contributed by atoms with Gasteiger partial charge in [0.05, 0.1) is 11.6 Å². The molecule has 2 rings (SSSR count). The molecule has 3 nitrogen and oxygen atoms in total. The van der Waals surface area contributed by atoms with Crippen LogP contribution in [0, 0.1) is 11.3 Å². The van der Waals surface area contributed by atoms with Crippen molar-refractivity contribution < 1.29 is 0 Å². The van der Waals surface area contributed by atoms with Crippen LogP contribution < -0.4 is 4.90 Å². The second kappa shape index (κ2) is 6.13. The summed E-state index contributed by atoms with van der Waals surface area (Å²) in [7, 11) is 1.89. The average molecular weight is 306 g/mol. The number of aromatic nitrogens is 1. The van der Waals surface area contributed by atoms with Gasteiger partial charge in [0.1, 0.15) is 16.9 Å². The molecule has 20 heavy (non-hydrogen) atoms. The van der Waals surface area contributed by atoms with Crippen LogP contribution in [0.1, 0.15) is 24.1 Å². The molecule has 2 aromatic rings. The molecule has 1 aromatic heterocycles. The van der Waals surface area contributed by atoms with Gasteiger partial charge >= 0.3 is 0 Å². The molecule has 0 radical (unpaired) electrons. The Bertz CT molecular complexity index is 664. The van der Waals surface area contributed by atoms with Crippen LogP contribution in [0.2, 0.25) is 10.0 Å². The lowest BCUT2D eigenvalue weighted by Gasteiger charge is -2.27. The van der Waals surface area contributed by atoms with Crippen molar-refractivity contribution >= 4 is 29.0 Å². The van der Waals surface area contributed by atoms with E-state index in [4.69, 9.17) is 28.5 Å². The van der Waals surface area contributed by atoms with Gasteiger partial charge < -0.3 is 4.90 Å². The van der Waals surface area contributed by atoms with E-state index >= 15 is 0 Å². The standard InChI is InChI=1S/C15H13Cl2N3/c1-10(11-4-3-5-13(16)8-11)20(2)15-14(17)12(9-18)6-7-19-15/h3-8,10H,1-2H3. The highest BCUT2D eigenvalue weighted by Gasteiger charge is 2.18. The van der Waals surface area contributed by atoms with E-state index in [-0.39, 0.29) is 6.04 Å². The number of hydrogen-bond donors (Lipinski definition) is 0. The Kier molecular flexibility index (Phi) is 4.49. The summed E-state index contributed by atoms with van der Waals surface area (Å²) in [6.45, 7) is 2.03. The van der Waals surface area contributed by atoms with Crippen LogP contribution in [0.5, 0.6) is 0 Å². The second-order valence-electron chi connectivity index (χ2n) is 4.45. The molecule has 0 saturated heterocycles. The number of nitrogens with zero attached hydrogens (tertiary/aromatic N) is 3. The molecule has 0 saturated carbocycles. The number of halogens is 2. The summed E-state index contributed by atoms with van der Waals surface area (Å²) in [6.07, 6.45) is 1.58. The van der Waals surface area contributed by atoms with E-state index in [0.29, 0.717) is 21.4 Å². The molecule has 0 aliphatic carbocycles. The Morgan fingerprint density at radius 2 is 2.05 bits per heavy atom. The van der Waals surface area contributed by atoms with Crippen LogP contribution in [-0.4, -0.2) is 12.0 Å². The average Bonchev–Trinajstić information content (AvgIpc) is 2.46. The first-order valence-corrected chi connectivity index (χ1v) is 6.83. The zero-order valence-corrected chi connectivity index (χ0v) is 12.7. The van der Waals surface area contributed by atoms with Crippen LogP contribution in [0.15, 0.2) is 36.5 Å². The zero-order chi connectivity index (χ0) is 14.7. The highest BCUT2D eigenvalue weighted by molar-refractivity contribution is 6.34. The van der Waals surface area contributed by atoms with Gasteiger partial charge in [-0.3, -0.25) is 0 Å². The Morgan fingerprint density at radius 1 is 1.30 bits per heavy atom. The van der Waals surface area contributed by atoms with Gasteiger partial charge in [0.2, 0.25) is 0 Å². The van der Waals surface area contributed by atoms with E-state index in [0.717, 1.165) is 5.56 Å². The molecular formula is C15H13Cl2N3. The molecule has 1 unspecified atom stereocenters. The molecule has 0 bridgehead atoms. The highest BCUT2D eigenvalue weighted by atomic mass is 35.5. The third kappa shape index (κ3) is 2.87. The van der Waals surface area contributed by atoms with Crippen molar-refractivity contribution in [1.29, 1.82) is 5.26 Å². The Hall–Kier alpha value is -1.76. The second-order valence-corrected chi connectivity index (χ2v) is 5.26. The maximum atomic E-state index is 9.02. The maximum absolute atomic E-state index is 9.02. The quantitative estimate of drug-likeness (QED) is 0.840. The minimum absolute atomic E-state index is 0.0349. The van der Waals surface area contributed by atoms with Crippen LogP contribution in [0.25, 0.3) is 0 Å². The van der Waals surface area contributed by atoms with Gasteiger partial charge in [-0.15, -0.1) is 0 Å². The van der Waals surface area contributed by atoms with E-state index in [1.807, 2.05) is 43.1 Å². The van der Waals surface area contributed by atoms with Gasteiger partial charge in [0, 0.05) is 18.3 Å². The van der Waals surface area contributed by atoms with Gasteiger partial charge in [0.15, 0.2) is 0 Å². The lowest BCUT2D eigenvalue weighted by atomic mass is 10.1. The zero-order valence-electron chi connectivity index (χ0n) is 11.1. The van der Waals surface area contributed by atoms with Crippen molar-refractivity contribution in [2.24, 2.45) is 0 Å². The minimum Gasteiger partial charge on any atom is -0.352 e. The molecule has 0 spiro atoms. The first kappa shape index (κ1) is 14.6. The Balaban J connectivity index is 2.37. The molecule has 0 fully saturated rings. The topological polar surface area (TPSA) is 39.9 Å². The fraction of sp³-hybridized carbons (Fsp3) is 0.200. The molecule has 1 heterocycles. The van der Waals surface area contributed by atoms with Gasteiger partial charge in [0.25, 0.3) is 0 Å². The summed E-state index contributed by atoms with van der Waals surface area (Å²) >= 11 is 12.2. The molecule has 5 heteroatoms. The van der Waals surface area contributed by atoms with Crippen LogP contribution in [-0.2, 0) is 0 Å². The largest absolute Gasteiger partial charge is 0.352 e. The van der Waals surface area contributed by atoms with Crippen LogP contribution >= 0.6 is 23.2 Å². The molecular weight excluding hydrogens is 293 g/mol. The fourth-order valence-electron chi connectivity index (χ4n) is 1.94. The third-order valence-electron chi connectivity index (χ3n) is 3.24. The number of anilines is 1. The minimum atomic E-state index is 0.0349. The maximum Gasteiger partial charge on any atom is 0.148 e. The number of pyridine rings is 1. The summed E-state index contributed by atoms with van der Waals surface area (Å²) in [5.74, 6) is 0.582. The first-order valence-electron chi connectivity index (χ1n) is 6.07. The number of hydrogen-bond acceptors (Lipinski definition) is 3. The fourth-order valence-corrected chi connectivity index (χ4v) is 2.42. The molecule has 0 aliphatic heterocycles. The smallest absolute Gasteiger partial charge is 0.148 e. The Labute approximate surface area is 128 Å². The van der Waals surface area contributed by atoms with Crippen molar-refractivity contribution in [3.63, 3.8) is 0 Å². The predicted molar refractivity (Wildman–Crippen MR) is 82.2 cm³/mol. The number of nitriles is 1. The molecule has 0 amide bonds. The van der Waals surface area contributed by atoms with Gasteiger partial charge in [-0.25, -0.2) is 4.98 Å². The molecule has 1 aromatic carbocycles. The number of benzene rings is 1.